The Bertz CT molecular complexity index is 561. The number of rotatable bonds is 2. The average Bonchev–Trinajstić information content (AvgIpc) is 2.39. The van der Waals surface area contributed by atoms with Gasteiger partial charge in [-0.1, -0.05) is 36.8 Å². The van der Waals surface area contributed by atoms with Crippen molar-refractivity contribution in [1.82, 2.24) is 0 Å². The maximum atomic E-state index is 5.86. The van der Waals surface area contributed by atoms with Crippen LogP contribution in [0, 0.1) is 12.3 Å². The van der Waals surface area contributed by atoms with E-state index in [1.165, 1.54) is 0 Å². The predicted molar refractivity (Wildman–Crippen MR) is 75.3 cm³/mol. The Balaban J connectivity index is 2.57. The second kappa shape index (κ2) is 5.29. The van der Waals surface area contributed by atoms with E-state index < -0.39 is 0 Å². The van der Waals surface area contributed by atoms with Gasteiger partial charge in [-0.25, -0.2) is 0 Å². The smallest absolute Gasteiger partial charge is 0.151 e. The first kappa shape index (κ1) is 12.1. The molecule has 0 bridgehead atoms. The summed E-state index contributed by atoms with van der Waals surface area (Å²) in [5, 5.41) is 0. The largest absolute Gasteiger partial charge is 0.453 e. The highest BCUT2D eigenvalue weighted by Crippen LogP contribution is 2.39. The van der Waals surface area contributed by atoms with E-state index in [4.69, 9.17) is 11.2 Å². The lowest BCUT2D eigenvalue weighted by molar-refractivity contribution is 0.420. The summed E-state index contributed by atoms with van der Waals surface area (Å²) in [5.74, 6) is 4.26. The van der Waals surface area contributed by atoms with Crippen LogP contribution in [0.1, 0.15) is 6.92 Å². The van der Waals surface area contributed by atoms with Crippen LogP contribution in [0.15, 0.2) is 60.5 Å². The van der Waals surface area contributed by atoms with Gasteiger partial charge in [0.15, 0.2) is 11.5 Å². The Morgan fingerprint density at radius 2 is 2.22 bits per heavy atom. The highest BCUT2D eigenvalue weighted by Gasteiger charge is 2.24. The standard InChI is InChI=1S/C16H15NO/c1-4-9-15-13(6-3)17(12-5-2)14-10-7-8-11-16(14)18-15/h2,4,6-11H,1,12H2,3H3/b13-6+,15-9+. The SMILES string of the molecule is C#CCN1C(=C/C)/C(=C\C=C)Oc2ccccc21. The molecule has 0 aromatic heterocycles. The quantitative estimate of drug-likeness (QED) is 0.730. The Hall–Kier alpha value is -2.40. The third-order valence-electron chi connectivity index (χ3n) is 2.71. The number of terminal acetylenes is 1. The molecule has 0 saturated heterocycles. The number of allylic oxidation sites excluding steroid dienone is 3. The van der Waals surface area contributed by atoms with Crippen LogP contribution in [0.5, 0.6) is 5.75 Å². The van der Waals surface area contributed by atoms with Gasteiger partial charge >= 0.3 is 0 Å². The van der Waals surface area contributed by atoms with Gasteiger partial charge in [0, 0.05) is 0 Å². The molecular formula is C16H15NO. The third-order valence-corrected chi connectivity index (χ3v) is 2.71. The van der Waals surface area contributed by atoms with E-state index in [1.54, 1.807) is 6.08 Å². The fraction of sp³-hybridized carbons (Fsp3) is 0.125. The highest BCUT2D eigenvalue weighted by molar-refractivity contribution is 5.68. The molecule has 0 fully saturated rings. The first-order chi connectivity index (χ1) is 8.81. The zero-order valence-electron chi connectivity index (χ0n) is 10.4. The molecule has 0 atom stereocenters. The van der Waals surface area contributed by atoms with Gasteiger partial charge in [-0.3, -0.25) is 0 Å². The first-order valence-electron chi connectivity index (χ1n) is 5.79. The van der Waals surface area contributed by atoms with Gasteiger partial charge in [0.25, 0.3) is 0 Å². The van der Waals surface area contributed by atoms with Crippen molar-refractivity contribution in [3.63, 3.8) is 0 Å². The van der Waals surface area contributed by atoms with E-state index in [9.17, 15) is 0 Å². The van der Waals surface area contributed by atoms with Gasteiger partial charge in [0.05, 0.1) is 17.9 Å². The molecule has 2 nitrogen and oxygen atoms in total. The molecule has 0 spiro atoms. The number of hydrogen-bond acceptors (Lipinski definition) is 2. The summed E-state index contributed by atoms with van der Waals surface area (Å²) in [5.41, 5.74) is 1.95. The summed E-state index contributed by atoms with van der Waals surface area (Å²) in [6, 6.07) is 7.85. The summed E-state index contributed by atoms with van der Waals surface area (Å²) in [7, 11) is 0. The molecule has 0 radical (unpaired) electrons. The minimum Gasteiger partial charge on any atom is -0.453 e. The number of benzene rings is 1. The van der Waals surface area contributed by atoms with Gasteiger partial charge in [0.2, 0.25) is 0 Å². The monoisotopic (exact) mass is 237 g/mol. The molecule has 2 rings (SSSR count). The van der Waals surface area contributed by atoms with E-state index in [-0.39, 0.29) is 0 Å². The Labute approximate surface area is 108 Å². The molecule has 0 unspecified atom stereocenters. The molecule has 0 amide bonds. The molecule has 0 N–H and O–H groups in total. The summed E-state index contributed by atoms with van der Waals surface area (Å²) >= 11 is 0. The minimum absolute atomic E-state index is 0.508. The van der Waals surface area contributed by atoms with Crippen LogP contribution in [-0.4, -0.2) is 6.54 Å². The van der Waals surface area contributed by atoms with Crippen LogP contribution >= 0.6 is 0 Å². The van der Waals surface area contributed by atoms with Crippen molar-refractivity contribution in [2.24, 2.45) is 0 Å². The fourth-order valence-electron chi connectivity index (χ4n) is 1.99. The van der Waals surface area contributed by atoms with Crippen LogP contribution < -0.4 is 9.64 Å². The lowest BCUT2D eigenvalue weighted by Crippen LogP contribution is -2.29. The molecule has 1 aromatic carbocycles. The summed E-state index contributed by atoms with van der Waals surface area (Å²) in [4.78, 5) is 2.06. The molecular weight excluding hydrogens is 222 g/mol. The van der Waals surface area contributed by atoms with Crippen LogP contribution in [0.4, 0.5) is 5.69 Å². The van der Waals surface area contributed by atoms with Gasteiger partial charge < -0.3 is 9.64 Å². The Morgan fingerprint density at radius 1 is 1.44 bits per heavy atom. The third kappa shape index (κ3) is 2.03. The zero-order valence-corrected chi connectivity index (χ0v) is 10.4. The van der Waals surface area contributed by atoms with Crippen LogP contribution in [0.2, 0.25) is 0 Å². The van der Waals surface area contributed by atoms with Crippen molar-refractivity contribution in [3.8, 4) is 18.1 Å². The van der Waals surface area contributed by atoms with E-state index in [2.05, 4.69) is 17.4 Å². The van der Waals surface area contributed by atoms with Crippen molar-refractivity contribution in [3.05, 3.63) is 60.5 Å². The van der Waals surface area contributed by atoms with Gasteiger partial charge in [-0.2, -0.15) is 0 Å². The second-order valence-electron chi connectivity index (χ2n) is 3.80. The van der Waals surface area contributed by atoms with Gasteiger partial charge in [0.1, 0.15) is 0 Å². The van der Waals surface area contributed by atoms with E-state index in [1.807, 2.05) is 43.3 Å². The van der Waals surface area contributed by atoms with Crippen molar-refractivity contribution in [2.45, 2.75) is 6.92 Å². The molecule has 1 aliphatic heterocycles. The molecule has 18 heavy (non-hydrogen) atoms. The lowest BCUT2D eigenvalue weighted by Gasteiger charge is -2.33. The van der Waals surface area contributed by atoms with E-state index in [0.717, 1.165) is 22.9 Å². The number of nitrogens with zero attached hydrogens (tertiary/aromatic N) is 1. The van der Waals surface area contributed by atoms with Crippen LogP contribution in [0.3, 0.4) is 0 Å². The highest BCUT2D eigenvalue weighted by atomic mass is 16.5. The van der Waals surface area contributed by atoms with Gasteiger partial charge in [-0.05, 0) is 25.1 Å². The Kier molecular flexibility index (Phi) is 3.54. The van der Waals surface area contributed by atoms with E-state index in [0.29, 0.717) is 6.54 Å². The number of anilines is 1. The molecule has 1 aliphatic rings. The fourth-order valence-corrected chi connectivity index (χ4v) is 1.99. The summed E-state index contributed by atoms with van der Waals surface area (Å²) < 4.78 is 5.86. The lowest BCUT2D eigenvalue weighted by atomic mass is 10.1. The number of para-hydroxylation sites is 2. The molecule has 1 aromatic rings. The van der Waals surface area contributed by atoms with Crippen LogP contribution in [-0.2, 0) is 0 Å². The summed E-state index contributed by atoms with van der Waals surface area (Å²) in [6.45, 7) is 6.18. The van der Waals surface area contributed by atoms with Crippen LogP contribution in [0.25, 0.3) is 0 Å². The summed E-state index contributed by atoms with van der Waals surface area (Å²) in [6.07, 6.45) is 11.0. The molecule has 0 saturated carbocycles. The van der Waals surface area contributed by atoms with Crippen molar-refractivity contribution in [2.75, 3.05) is 11.4 Å². The minimum atomic E-state index is 0.508. The second-order valence-corrected chi connectivity index (χ2v) is 3.80. The molecule has 2 heteroatoms. The number of ether oxygens (including phenoxy) is 1. The van der Waals surface area contributed by atoms with E-state index >= 15 is 0 Å². The molecule has 0 aliphatic carbocycles. The first-order valence-corrected chi connectivity index (χ1v) is 5.79. The average molecular weight is 237 g/mol. The molecule has 1 heterocycles. The number of fused-ring (bicyclic) bond motifs is 1. The predicted octanol–water partition coefficient (Wildman–Crippen LogP) is 3.49. The topological polar surface area (TPSA) is 12.5 Å². The zero-order chi connectivity index (χ0) is 13.0. The van der Waals surface area contributed by atoms with Crippen molar-refractivity contribution in [1.29, 1.82) is 0 Å². The molecule has 90 valence electrons. The maximum absolute atomic E-state index is 5.86. The maximum Gasteiger partial charge on any atom is 0.151 e. The van der Waals surface area contributed by atoms with Crippen molar-refractivity contribution < 1.29 is 4.74 Å². The van der Waals surface area contributed by atoms with Gasteiger partial charge in [-0.15, -0.1) is 6.42 Å². The van der Waals surface area contributed by atoms with Crippen molar-refractivity contribution >= 4 is 5.69 Å². The number of hydrogen-bond donors (Lipinski definition) is 0. The normalized spacial score (nSPS) is 18.1. The Morgan fingerprint density at radius 3 is 2.89 bits per heavy atom.